The Labute approximate surface area is 109 Å². The number of para-hydroxylation sites is 1. The molecule has 4 nitrogen and oxygen atoms in total. The largest absolute Gasteiger partial charge is 0.491 e. The second kappa shape index (κ2) is 5.96. The Morgan fingerprint density at radius 1 is 1.22 bits per heavy atom. The van der Waals surface area contributed by atoms with E-state index in [1.807, 2.05) is 12.1 Å². The van der Waals surface area contributed by atoms with E-state index < -0.39 is 0 Å². The fraction of sp³-hybridized carbons (Fsp3) is 0.571. The lowest BCUT2D eigenvalue weighted by atomic mass is 10.2. The van der Waals surface area contributed by atoms with Crippen LogP contribution in [0.2, 0.25) is 0 Å². The van der Waals surface area contributed by atoms with Crippen molar-refractivity contribution in [3.63, 3.8) is 0 Å². The predicted octanol–water partition coefficient (Wildman–Crippen LogP) is 1.81. The molecule has 0 aliphatic carbocycles. The maximum Gasteiger partial charge on any atom is 0.144 e. The molecule has 0 amide bonds. The standard InChI is InChI=1S/C14H23N3O/c1-3-11-18-13-6-4-5-12(14(13)15)17-9-7-16(2)8-10-17/h4-6H,3,7-11,15H2,1-2H3. The van der Waals surface area contributed by atoms with E-state index in [0.717, 1.165) is 56.3 Å². The quantitative estimate of drug-likeness (QED) is 0.826. The van der Waals surface area contributed by atoms with Crippen molar-refractivity contribution in [2.75, 3.05) is 50.5 Å². The second-order valence-electron chi connectivity index (χ2n) is 4.83. The third-order valence-electron chi connectivity index (χ3n) is 3.35. The van der Waals surface area contributed by atoms with Gasteiger partial charge in [-0.2, -0.15) is 0 Å². The zero-order valence-electron chi connectivity index (χ0n) is 11.4. The fourth-order valence-electron chi connectivity index (χ4n) is 2.19. The van der Waals surface area contributed by atoms with Crippen molar-refractivity contribution in [1.82, 2.24) is 4.90 Å². The summed E-state index contributed by atoms with van der Waals surface area (Å²) in [4.78, 5) is 4.68. The molecule has 2 rings (SSSR count). The number of ether oxygens (including phenoxy) is 1. The van der Waals surface area contributed by atoms with Gasteiger partial charge in [0.15, 0.2) is 0 Å². The monoisotopic (exact) mass is 249 g/mol. The van der Waals surface area contributed by atoms with Crippen LogP contribution in [0.25, 0.3) is 0 Å². The normalized spacial score (nSPS) is 16.9. The lowest BCUT2D eigenvalue weighted by Gasteiger charge is -2.34. The van der Waals surface area contributed by atoms with E-state index in [1.54, 1.807) is 0 Å². The van der Waals surface area contributed by atoms with Crippen LogP contribution in [-0.2, 0) is 0 Å². The van der Waals surface area contributed by atoms with E-state index in [9.17, 15) is 0 Å². The van der Waals surface area contributed by atoms with Gasteiger partial charge in [0.1, 0.15) is 5.75 Å². The molecule has 1 fully saturated rings. The van der Waals surface area contributed by atoms with Crippen molar-refractivity contribution in [1.29, 1.82) is 0 Å². The first-order valence-electron chi connectivity index (χ1n) is 6.67. The Morgan fingerprint density at radius 3 is 2.61 bits per heavy atom. The van der Waals surface area contributed by atoms with Crippen LogP contribution in [-0.4, -0.2) is 44.7 Å². The van der Waals surface area contributed by atoms with Crippen LogP contribution in [0, 0.1) is 0 Å². The van der Waals surface area contributed by atoms with Gasteiger partial charge in [0, 0.05) is 26.2 Å². The number of likely N-dealkylation sites (N-methyl/N-ethyl adjacent to an activating group) is 1. The van der Waals surface area contributed by atoms with Crippen molar-refractivity contribution >= 4 is 11.4 Å². The Balaban J connectivity index is 2.12. The molecule has 0 unspecified atom stereocenters. The number of benzene rings is 1. The van der Waals surface area contributed by atoms with Gasteiger partial charge in [-0.1, -0.05) is 13.0 Å². The van der Waals surface area contributed by atoms with Crippen molar-refractivity contribution in [3.8, 4) is 5.75 Å². The van der Waals surface area contributed by atoms with Crippen molar-refractivity contribution in [2.45, 2.75) is 13.3 Å². The van der Waals surface area contributed by atoms with Gasteiger partial charge in [0.2, 0.25) is 0 Å². The molecule has 1 heterocycles. The predicted molar refractivity (Wildman–Crippen MR) is 76.4 cm³/mol. The minimum atomic E-state index is 0.719. The summed E-state index contributed by atoms with van der Waals surface area (Å²) in [6.45, 7) is 7.03. The number of nitrogens with zero attached hydrogens (tertiary/aromatic N) is 2. The molecule has 1 aromatic carbocycles. The van der Waals surface area contributed by atoms with Gasteiger partial charge >= 0.3 is 0 Å². The lowest BCUT2D eigenvalue weighted by molar-refractivity contribution is 0.311. The molecule has 1 aliphatic rings. The fourth-order valence-corrected chi connectivity index (χ4v) is 2.19. The van der Waals surface area contributed by atoms with Crippen LogP contribution in [0.4, 0.5) is 11.4 Å². The van der Waals surface area contributed by atoms with Crippen LogP contribution < -0.4 is 15.4 Å². The Bertz CT molecular complexity index is 387. The van der Waals surface area contributed by atoms with Gasteiger partial charge in [0.05, 0.1) is 18.0 Å². The average Bonchev–Trinajstić information content (AvgIpc) is 2.39. The summed E-state index contributed by atoms with van der Waals surface area (Å²) >= 11 is 0. The average molecular weight is 249 g/mol. The SMILES string of the molecule is CCCOc1cccc(N2CCN(C)CC2)c1N. The van der Waals surface area contributed by atoms with Gasteiger partial charge < -0.3 is 20.3 Å². The van der Waals surface area contributed by atoms with Crippen molar-refractivity contribution < 1.29 is 4.74 Å². The third kappa shape index (κ3) is 2.88. The Kier molecular flexibility index (Phi) is 4.31. The molecule has 0 atom stereocenters. The van der Waals surface area contributed by atoms with Crippen LogP contribution >= 0.6 is 0 Å². The molecule has 2 N–H and O–H groups in total. The summed E-state index contributed by atoms with van der Waals surface area (Å²) in [6.07, 6.45) is 0.998. The molecule has 1 aliphatic heterocycles. The smallest absolute Gasteiger partial charge is 0.144 e. The van der Waals surface area contributed by atoms with E-state index in [2.05, 4.69) is 29.8 Å². The number of nitrogen functional groups attached to an aromatic ring is 1. The molecule has 0 spiro atoms. The maximum absolute atomic E-state index is 6.21. The zero-order chi connectivity index (χ0) is 13.0. The minimum Gasteiger partial charge on any atom is -0.491 e. The summed E-state index contributed by atoms with van der Waals surface area (Å²) in [5, 5.41) is 0. The topological polar surface area (TPSA) is 41.7 Å². The highest BCUT2D eigenvalue weighted by atomic mass is 16.5. The Morgan fingerprint density at radius 2 is 1.94 bits per heavy atom. The molecule has 0 aromatic heterocycles. The highest BCUT2D eigenvalue weighted by Crippen LogP contribution is 2.32. The molecule has 18 heavy (non-hydrogen) atoms. The zero-order valence-corrected chi connectivity index (χ0v) is 11.4. The summed E-state index contributed by atoms with van der Waals surface area (Å²) < 4.78 is 5.68. The first-order chi connectivity index (χ1) is 8.72. The van der Waals surface area contributed by atoms with E-state index in [0.29, 0.717) is 0 Å². The highest BCUT2D eigenvalue weighted by molar-refractivity contribution is 5.74. The van der Waals surface area contributed by atoms with Crippen molar-refractivity contribution in [2.24, 2.45) is 0 Å². The van der Waals surface area contributed by atoms with E-state index >= 15 is 0 Å². The maximum atomic E-state index is 6.21. The van der Waals surface area contributed by atoms with E-state index in [4.69, 9.17) is 10.5 Å². The summed E-state index contributed by atoms with van der Waals surface area (Å²) in [6, 6.07) is 6.05. The molecule has 4 heteroatoms. The lowest BCUT2D eigenvalue weighted by Crippen LogP contribution is -2.44. The summed E-state index contributed by atoms with van der Waals surface area (Å²) in [7, 11) is 2.15. The number of hydrogen-bond acceptors (Lipinski definition) is 4. The van der Waals surface area contributed by atoms with Gasteiger partial charge in [-0.25, -0.2) is 0 Å². The van der Waals surface area contributed by atoms with Crippen LogP contribution in [0.15, 0.2) is 18.2 Å². The number of hydrogen-bond donors (Lipinski definition) is 1. The second-order valence-corrected chi connectivity index (χ2v) is 4.83. The van der Waals surface area contributed by atoms with Gasteiger partial charge in [0.25, 0.3) is 0 Å². The van der Waals surface area contributed by atoms with Gasteiger partial charge in [-0.3, -0.25) is 0 Å². The molecule has 0 saturated carbocycles. The number of piperazine rings is 1. The van der Waals surface area contributed by atoms with Crippen molar-refractivity contribution in [3.05, 3.63) is 18.2 Å². The molecule has 0 radical (unpaired) electrons. The molecular formula is C14H23N3O. The number of anilines is 2. The molecule has 1 aromatic rings. The summed E-state index contributed by atoms with van der Waals surface area (Å²) in [5.74, 6) is 0.813. The van der Waals surface area contributed by atoms with E-state index in [-0.39, 0.29) is 0 Å². The third-order valence-corrected chi connectivity index (χ3v) is 3.35. The molecule has 0 bridgehead atoms. The summed E-state index contributed by atoms with van der Waals surface area (Å²) in [5.41, 5.74) is 8.09. The van der Waals surface area contributed by atoms with Crippen LogP contribution in [0.3, 0.4) is 0 Å². The van der Waals surface area contributed by atoms with Gasteiger partial charge in [-0.15, -0.1) is 0 Å². The highest BCUT2D eigenvalue weighted by Gasteiger charge is 2.17. The first kappa shape index (κ1) is 13.0. The molecule has 1 saturated heterocycles. The minimum absolute atomic E-state index is 0.719. The van der Waals surface area contributed by atoms with E-state index in [1.165, 1.54) is 0 Å². The Hall–Kier alpha value is -1.42. The molecular weight excluding hydrogens is 226 g/mol. The van der Waals surface area contributed by atoms with Gasteiger partial charge in [-0.05, 0) is 25.6 Å². The number of rotatable bonds is 4. The number of nitrogens with two attached hydrogens (primary N) is 1. The molecule has 100 valence electrons. The van der Waals surface area contributed by atoms with Crippen LogP contribution in [0.5, 0.6) is 5.75 Å². The van der Waals surface area contributed by atoms with Crippen LogP contribution in [0.1, 0.15) is 13.3 Å². The first-order valence-corrected chi connectivity index (χ1v) is 6.67.